The fourth-order valence-electron chi connectivity index (χ4n) is 4.59. The number of sulfonamides is 1. The summed E-state index contributed by atoms with van der Waals surface area (Å²) < 4.78 is 28.7. The Hall–Kier alpha value is -2.95. The van der Waals surface area contributed by atoms with E-state index in [4.69, 9.17) is 21.5 Å². The number of amides is 1. The number of carbonyl (C=O) groups excluding carboxylic acids is 1. The van der Waals surface area contributed by atoms with Gasteiger partial charge in [0.1, 0.15) is 0 Å². The number of primary sulfonamides is 1. The van der Waals surface area contributed by atoms with Crippen LogP contribution in [-0.4, -0.2) is 45.7 Å². The zero-order valence-corrected chi connectivity index (χ0v) is 20.3. The SMILES string of the molecule is NS(=O)(=O)c1ccc(C2(O)C(=O)N(Cc3ccc(N4CCOCC4)cc3)c3cc(Cl)ccc32)cc1. The van der Waals surface area contributed by atoms with Crippen LogP contribution in [0.1, 0.15) is 16.7 Å². The minimum atomic E-state index is -3.91. The first kappa shape index (κ1) is 23.8. The van der Waals surface area contributed by atoms with Crippen molar-refractivity contribution in [2.24, 2.45) is 5.14 Å². The smallest absolute Gasteiger partial charge is 0.268 e. The molecule has 2 heterocycles. The van der Waals surface area contributed by atoms with E-state index in [1.54, 1.807) is 18.2 Å². The van der Waals surface area contributed by atoms with Gasteiger partial charge in [0.15, 0.2) is 5.60 Å². The summed E-state index contributed by atoms with van der Waals surface area (Å²) in [6.45, 7) is 3.27. The number of nitrogens with zero attached hydrogens (tertiary/aromatic N) is 2. The summed E-state index contributed by atoms with van der Waals surface area (Å²) in [4.78, 5) is 17.3. The third kappa shape index (κ3) is 4.30. The average Bonchev–Trinajstić information content (AvgIpc) is 3.06. The first-order chi connectivity index (χ1) is 16.7. The summed E-state index contributed by atoms with van der Waals surface area (Å²) in [5.74, 6) is -0.546. The number of morpholine rings is 1. The molecule has 3 aromatic carbocycles. The molecule has 1 unspecified atom stereocenters. The molecule has 1 saturated heterocycles. The van der Waals surface area contributed by atoms with E-state index in [1.807, 2.05) is 24.3 Å². The van der Waals surface area contributed by atoms with E-state index in [0.29, 0.717) is 29.5 Å². The molecule has 0 aliphatic carbocycles. The molecule has 0 spiro atoms. The van der Waals surface area contributed by atoms with Gasteiger partial charge in [-0.05, 0) is 47.5 Å². The van der Waals surface area contributed by atoms with Gasteiger partial charge in [0, 0.05) is 29.4 Å². The van der Waals surface area contributed by atoms with Crippen molar-refractivity contribution < 1.29 is 23.1 Å². The summed E-state index contributed by atoms with van der Waals surface area (Å²) >= 11 is 6.24. The van der Waals surface area contributed by atoms with Crippen molar-refractivity contribution in [1.29, 1.82) is 0 Å². The van der Waals surface area contributed by atoms with Gasteiger partial charge in [-0.3, -0.25) is 4.79 Å². The van der Waals surface area contributed by atoms with Crippen LogP contribution in [0.3, 0.4) is 0 Å². The lowest BCUT2D eigenvalue weighted by Crippen LogP contribution is -2.41. The van der Waals surface area contributed by atoms with Crippen LogP contribution >= 0.6 is 11.6 Å². The van der Waals surface area contributed by atoms with E-state index in [-0.39, 0.29) is 17.0 Å². The Balaban J connectivity index is 1.48. The molecule has 1 fully saturated rings. The van der Waals surface area contributed by atoms with Crippen LogP contribution in [-0.2, 0) is 31.7 Å². The zero-order chi connectivity index (χ0) is 24.8. The largest absolute Gasteiger partial charge is 0.378 e. The van der Waals surface area contributed by atoms with E-state index in [0.717, 1.165) is 24.3 Å². The number of nitrogens with two attached hydrogens (primary N) is 1. The molecular formula is C25H24ClN3O5S. The van der Waals surface area contributed by atoms with Gasteiger partial charge >= 0.3 is 0 Å². The Kier molecular flexibility index (Phi) is 6.06. The maximum absolute atomic E-state index is 13.7. The maximum Gasteiger partial charge on any atom is 0.268 e. The van der Waals surface area contributed by atoms with Crippen LogP contribution < -0.4 is 14.9 Å². The molecule has 1 amide bonds. The van der Waals surface area contributed by atoms with Gasteiger partial charge in [0.25, 0.3) is 5.91 Å². The van der Waals surface area contributed by atoms with Crippen LogP contribution in [0.25, 0.3) is 0 Å². The molecular weight excluding hydrogens is 490 g/mol. The highest BCUT2D eigenvalue weighted by Gasteiger charge is 2.51. The maximum atomic E-state index is 13.7. The average molecular weight is 514 g/mol. The normalized spacial score (nSPS) is 20.3. The summed E-state index contributed by atoms with van der Waals surface area (Å²) in [7, 11) is -3.91. The van der Waals surface area contributed by atoms with Crippen molar-refractivity contribution in [2.45, 2.75) is 17.0 Å². The molecule has 10 heteroatoms. The molecule has 3 N–H and O–H groups in total. The fourth-order valence-corrected chi connectivity index (χ4v) is 5.27. The number of benzene rings is 3. The summed E-state index contributed by atoms with van der Waals surface area (Å²) in [6.07, 6.45) is 0. The van der Waals surface area contributed by atoms with Gasteiger partial charge in [-0.2, -0.15) is 0 Å². The van der Waals surface area contributed by atoms with Gasteiger partial charge in [-0.25, -0.2) is 13.6 Å². The van der Waals surface area contributed by atoms with Crippen molar-refractivity contribution in [1.82, 2.24) is 0 Å². The molecule has 1 atom stereocenters. The highest BCUT2D eigenvalue weighted by atomic mass is 35.5. The number of ether oxygens (including phenoxy) is 1. The molecule has 5 rings (SSSR count). The minimum Gasteiger partial charge on any atom is -0.378 e. The third-order valence-electron chi connectivity index (χ3n) is 6.45. The van der Waals surface area contributed by atoms with E-state index >= 15 is 0 Å². The first-order valence-electron chi connectivity index (χ1n) is 11.1. The zero-order valence-electron chi connectivity index (χ0n) is 18.7. The van der Waals surface area contributed by atoms with Gasteiger partial charge in [0.05, 0.1) is 30.3 Å². The Morgan fingerprint density at radius 2 is 1.66 bits per heavy atom. The number of aliphatic hydroxyl groups is 1. The van der Waals surface area contributed by atoms with E-state index in [1.165, 1.54) is 29.2 Å². The Morgan fingerprint density at radius 1 is 1.00 bits per heavy atom. The van der Waals surface area contributed by atoms with Crippen LogP contribution in [0.4, 0.5) is 11.4 Å². The number of fused-ring (bicyclic) bond motifs is 1. The Morgan fingerprint density at radius 3 is 2.29 bits per heavy atom. The predicted octanol–water partition coefficient (Wildman–Crippen LogP) is 2.61. The lowest BCUT2D eigenvalue weighted by atomic mass is 9.87. The lowest BCUT2D eigenvalue weighted by molar-refractivity contribution is -0.132. The number of hydrogen-bond acceptors (Lipinski definition) is 6. The van der Waals surface area contributed by atoms with Gasteiger partial charge < -0.3 is 19.6 Å². The fraction of sp³-hybridized carbons (Fsp3) is 0.240. The van der Waals surface area contributed by atoms with Gasteiger partial charge in [0.2, 0.25) is 10.0 Å². The molecule has 0 saturated carbocycles. The first-order valence-corrected chi connectivity index (χ1v) is 13.0. The molecule has 2 aliphatic rings. The molecule has 35 heavy (non-hydrogen) atoms. The summed E-state index contributed by atoms with van der Waals surface area (Å²) in [5.41, 5.74) is 1.08. The highest BCUT2D eigenvalue weighted by Crippen LogP contribution is 2.46. The van der Waals surface area contributed by atoms with Crippen LogP contribution in [0.2, 0.25) is 5.02 Å². The quantitative estimate of drug-likeness (QED) is 0.542. The van der Waals surface area contributed by atoms with Crippen molar-refractivity contribution in [3.8, 4) is 0 Å². The van der Waals surface area contributed by atoms with Gasteiger partial charge in [-0.15, -0.1) is 0 Å². The molecule has 0 radical (unpaired) electrons. The van der Waals surface area contributed by atoms with E-state index in [2.05, 4.69) is 4.90 Å². The Bertz CT molecular complexity index is 1370. The van der Waals surface area contributed by atoms with Crippen LogP contribution in [0.5, 0.6) is 0 Å². The van der Waals surface area contributed by atoms with Crippen molar-refractivity contribution in [3.05, 3.63) is 88.4 Å². The molecule has 3 aromatic rings. The number of carbonyl (C=O) groups is 1. The standard InChI is InChI=1S/C25H24ClN3O5S/c26-19-5-10-22-23(15-19)29(16-17-1-6-20(7-2-17)28-11-13-34-14-12-28)24(30)25(22,31)18-3-8-21(9-4-18)35(27,32)33/h1-10,15,31H,11-14,16H2,(H2,27,32,33). The highest BCUT2D eigenvalue weighted by molar-refractivity contribution is 7.89. The van der Waals surface area contributed by atoms with Crippen LogP contribution in [0.15, 0.2) is 71.6 Å². The molecule has 182 valence electrons. The summed E-state index contributed by atoms with van der Waals surface area (Å²) in [5, 5.41) is 17.3. The third-order valence-corrected chi connectivity index (χ3v) is 7.61. The Labute approximate surface area is 208 Å². The second-order valence-electron chi connectivity index (χ2n) is 8.60. The summed E-state index contributed by atoms with van der Waals surface area (Å²) in [6, 6.07) is 18.2. The van der Waals surface area contributed by atoms with E-state index in [9.17, 15) is 18.3 Å². The molecule has 2 aliphatic heterocycles. The van der Waals surface area contributed by atoms with Crippen LogP contribution in [0, 0.1) is 0 Å². The number of halogens is 1. The second-order valence-corrected chi connectivity index (χ2v) is 10.6. The molecule has 0 bridgehead atoms. The molecule has 0 aromatic heterocycles. The van der Waals surface area contributed by atoms with Gasteiger partial charge in [-0.1, -0.05) is 41.9 Å². The van der Waals surface area contributed by atoms with Crippen molar-refractivity contribution >= 4 is 38.9 Å². The molecule has 8 nitrogen and oxygen atoms in total. The lowest BCUT2D eigenvalue weighted by Gasteiger charge is -2.29. The van der Waals surface area contributed by atoms with Crippen molar-refractivity contribution in [2.75, 3.05) is 36.1 Å². The second kappa shape index (κ2) is 8.92. The topological polar surface area (TPSA) is 113 Å². The number of anilines is 2. The van der Waals surface area contributed by atoms with E-state index < -0.39 is 21.5 Å². The minimum absolute atomic E-state index is 0.108. The predicted molar refractivity (Wildman–Crippen MR) is 133 cm³/mol. The monoisotopic (exact) mass is 513 g/mol. The number of hydrogen-bond donors (Lipinski definition) is 2. The number of rotatable bonds is 5. The van der Waals surface area contributed by atoms with Crippen molar-refractivity contribution in [3.63, 3.8) is 0 Å².